The molecule has 3 heteroatoms. The van der Waals surface area contributed by atoms with Crippen LogP contribution in [0.25, 0.3) is 0 Å². The van der Waals surface area contributed by atoms with Gasteiger partial charge in [0.15, 0.2) is 0 Å². The number of benzene rings is 1. The lowest BCUT2D eigenvalue weighted by Crippen LogP contribution is -2.31. The number of hydrogen-bond donors (Lipinski definition) is 1. The zero-order chi connectivity index (χ0) is 12.1. The van der Waals surface area contributed by atoms with Gasteiger partial charge in [0.2, 0.25) is 0 Å². The smallest absolute Gasteiger partial charge is 0.0991 e. The summed E-state index contributed by atoms with van der Waals surface area (Å²) in [5.41, 5.74) is 9.00. The van der Waals surface area contributed by atoms with Gasteiger partial charge in [0.1, 0.15) is 0 Å². The van der Waals surface area contributed by atoms with E-state index in [1.54, 1.807) is 0 Å². The molecule has 0 unspecified atom stereocenters. The maximum absolute atomic E-state index is 8.90. The molecule has 0 radical (unpaired) electrons. The molecule has 3 nitrogen and oxygen atoms in total. The van der Waals surface area contributed by atoms with E-state index in [2.05, 4.69) is 17.0 Å². The molecule has 0 spiro atoms. The summed E-state index contributed by atoms with van der Waals surface area (Å²) in [6, 6.07) is 8.26. The zero-order valence-electron chi connectivity index (χ0n) is 10.2. The first-order chi connectivity index (χ1) is 8.33. The van der Waals surface area contributed by atoms with Gasteiger partial charge in [-0.15, -0.1) is 0 Å². The third kappa shape index (κ3) is 3.06. The fourth-order valence-electron chi connectivity index (χ4n) is 2.36. The summed E-state index contributed by atoms with van der Waals surface area (Å²) in [6.45, 7) is 4.01. The Morgan fingerprint density at radius 2 is 2.18 bits per heavy atom. The van der Waals surface area contributed by atoms with Gasteiger partial charge >= 0.3 is 0 Å². The molecule has 2 rings (SSSR count). The topological polar surface area (TPSA) is 53.0 Å². The van der Waals surface area contributed by atoms with E-state index < -0.39 is 0 Å². The molecule has 90 valence electrons. The summed E-state index contributed by atoms with van der Waals surface area (Å²) in [5, 5.41) is 8.90. The lowest BCUT2D eigenvalue weighted by Gasteiger charge is -2.28. The highest BCUT2D eigenvalue weighted by molar-refractivity contribution is 5.39. The van der Waals surface area contributed by atoms with Crippen LogP contribution in [0.5, 0.6) is 0 Å². The van der Waals surface area contributed by atoms with Gasteiger partial charge in [0, 0.05) is 13.1 Å². The SMILES string of the molecule is N#Cc1ccc2c(c1)CN(CCCCN)CC2. The number of fused-ring (bicyclic) bond motifs is 1. The summed E-state index contributed by atoms with van der Waals surface area (Å²) >= 11 is 0. The maximum atomic E-state index is 8.90. The second kappa shape index (κ2) is 5.81. The average Bonchev–Trinajstić information content (AvgIpc) is 2.38. The number of unbranched alkanes of at least 4 members (excludes halogenated alkanes) is 1. The number of hydrogen-bond acceptors (Lipinski definition) is 3. The van der Waals surface area contributed by atoms with Crippen LogP contribution in [0.2, 0.25) is 0 Å². The molecule has 0 saturated heterocycles. The largest absolute Gasteiger partial charge is 0.330 e. The van der Waals surface area contributed by atoms with Crippen LogP contribution in [0.15, 0.2) is 18.2 Å². The van der Waals surface area contributed by atoms with E-state index in [1.165, 1.54) is 17.5 Å². The van der Waals surface area contributed by atoms with E-state index in [1.807, 2.05) is 12.1 Å². The Morgan fingerprint density at radius 3 is 2.94 bits per heavy atom. The molecule has 0 atom stereocenters. The van der Waals surface area contributed by atoms with Gasteiger partial charge in [-0.2, -0.15) is 5.26 Å². The highest BCUT2D eigenvalue weighted by Crippen LogP contribution is 2.20. The Labute approximate surface area is 103 Å². The molecule has 0 bridgehead atoms. The van der Waals surface area contributed by atoms with Crippen molar-refractivity contribution in [2.45, 2.75) is 25.8 Å². The molecule has 0 aromatic heterocycles. The lowest BCUT2D eigenvalue weighted by molar-refractivity contribution is 0.249. The van der Waals surface area contributed by atoms with Crippen molar-refractivity contribution in [3.8, 4) is 6.07 Å². The summed E-state index contributed by atoms with van der Waals surface area (Å²) in [4.78, 5) is 2.46. The van der Waals surface area contributed by atoms with Crippen molar-refractivity contribution in [3.63, 3.8) is 0 Å². The number of nitrogens with two attached hydrogens (primary N) is 1. The minimum atomic E-state index is 0.771. The fourth-order valence-corrected chi connectivity index (χ4v) is 2.36. The van der Waals surface area contributed by atoms with E-state index in [4.69, 9.17) is 11.0 Å². The normalized spacial score (nSPS) is 15.3. The molecule has 1 aliphatic heterocycles. The first kappa shape index (κ1) is 12.1. The van der Waals surface area contributed by atoms with Gasteiger partial charge in [-0.3, -0.25) is 4.90 Å². The summed E-state index contributed by atoms with van der Waals surface area (Å²) in [7, 11) is 0. The molecule has 0 aliphatic carbocycles. The molecule has 1 heterocycles. The average molecular weight is 229 g/mol. The predicted molar refractivity (Wildman–Crippen MR) is 68.4 cm³/mol. The van der Waals surface area contributed by atoms with E-state index in [-0.39, 0.29) is 0 Å². The van der Waals surface area contributed by atoms with Crippen LogP contribution < -0.4 is 5.73 Å². The highest BCUT2D eigenvalue weighted by Gasteiger charge is 2.15. The predicted octanol–water partition coefficient (Wildman–Crippen LogP) is 1.66. The molecular formula is C14H19N3. The second-order valence-corrected chi connectivity index (χ2v) is 4.62. The first-order valence-electron chi connectivity index (χ1n) is 6.28. The zero-order valence-corrected chi connectivity index (χ0v) is 10.2. The van der Waals surface area contributed by atoms with Crippen molar-refractivity contribution >= 4 is 0 Å². The van der Waals surface area contributed by atoms with Crippen LogP contribution in [0.4, 0.5) is 0 Å². The quantitative estimate of drug-likeness (QED) is 0.799. The van der Waals surface area contributed by atoms with E-state index in [0.717, 1.165) is 44.6 Å². The second-order valence-electron chi connectivity index (χ2n) is 4.62. The summed E-state index contributed by atoms with van der Waals surface area (Å²) in [5.74, 6) is 0. The van der Waals surface area contributed by atoms with Crippen LogP contribution in [0.3, 0.4) is 0 Å². The minimum Gasteiger partial charge on any atom is -0.330 e. The number of nitriles is 1. The Hall–Kier alpha value is -1.37. The van der Waals surface area contributed by atoms with Crippen molar-refractivity contribution in [1.29, 1.82) is 5.26 Å². The van der Waals surface area contributed by atoms with Crippen molar-refractivity contribution < 1.29 is 0 Å². The number of nitrogens with zero attached hydrogens (tertiary/aromatic N) is 2. The molecule has 0 fully saturated rings. The van der Waals surface area contributed by atoms with Crippen LogP contribution in [0, 0.1) is 11.3 Å². The molecule has 1 aliphatic rings. The molecular weight excluding hydrogens is 210 g/mol. The molecule has 1 aromatic rings. The Bertz CT molecular complexity index is 420. The molecule has 17 heavy (non-hydrogen) atoms. The van der Waals surface area contributed by atoms with Crippen LogP contribution in [0.1, 0.15) is 29.5 Å². The molecule has 2 N–H and O–H groups in total. The van der Waals surface area contributed by atoms with Gasteiger partial charge in [-0.1, -0.05) is 6.07 Å². The highest BCUT2D eigenvalue weighted by atomic mass is 15.1. The summed E-state index contributed by atoms with van der Waals surface area (Å²) < 4.78 is 0. The van der Waals surface area contributed by atoms with Gasteiger partial charge < -0.3 is 5.73 Å². The Kier molecular flexibility index (Phi) is 4.13. The van der Waals surface area contributed by atoms with Crippen molar-refractivity contribution in [1.82, 2.24) is 4.90 Å². The third-order valence-corrected chi connectivity index (χ3v) is 3.36. The molecule has 0 saturated carbocycles. The van der Waals surface area contributed by atoms with E-state index in [0.29, 0.717) is 0 Å². The Morgan fingerprint density at radius 1 is 1.29 bits per heavy atom. The maximum Gasteiger partial charge on any atom is 0.0991 e. The van der Waals surface area contributed by atoms with Gasteiger partial charge in [-0.25, -0.2) is 0 Å². The standard InChI is InChI=1S/C14H19N3/c15-6-1-2-7-17-8-5-13-4-3-12(10-16)9-14(13)11-17/h3-4,9H,1-2,5-8,11,15H2. The Balaban J connectivity index is 1.99. The van der Waals surface area contributed by atoms with Gasteiger partial charge in [-0.05, 0) is 55.6 Å². The van der Waals surface area contributed by atoms with Crippen LogP contribution in [-0.2, 0) is 13.0 Å². The van der Waals surface area contributed by atoms with Gasteiger partial charge in [0.25, 0.3) is 0 Å². The third-order valence-electron chi connectivity index (χ3n) is 3.36. The lowest BCUT2D eigenvalue weighted by atomic mass is 9.97. The monoisotopic (exact) mass is 229 g/mol. The van der Waals surface area contributed by atoms with Crippen LogP contribution >= 0.6 is 0 Å². The van der Waals surface area contributed by atoms with Crippen LogP contribution in [-0.4, -0.2) is 24.5 Å². The summed E-state index contributed by atoms with van der Waals surface area (Å²) in [6.07, 6.45) is 3.37. The minimum absolute atomic E-state index is 0.771. The van der Waals surface area contributed by atoms with Crippen molar-refractivity contribution in [2.24, 2.45) is 5.73 Å². The van der Waals surface area contributed by atoms with Crippen molar-refractivity contribution in [3.05, 3.63) is 34.9 Å². The van der Waals surface area contributed by atoms with Crippen molar-refractivity contribution in [2.75, 3.05) is 19.6 Å². The van der Waals surface area contributed by atoms with E-state index >= 15 is 0 Å². The van der Waals surface area contributed by atoms with Gasteiger partial charge in [0.05, 0.1) is 11.6 Å². The first-order valence-corrected chi connectivity index (χ1v) is 6.28. The number of rotatable bonds is 4. The molecule has 1 aromatic carbocycles. The fraction of sp³-hybridized carbons (Fsp3) is 0.500. The molecule has 0 amide bonds. The van der Waals surface area contributed by atoms with E-state index in [9.17, 15) is 0 Å².